The maximum Gasteiger partial charge on any atom is 0.191 e. The van der Waals surface area contributed by atoms with E-state index in [1.54, 1.807) is 0 Å². The minimum Gasteiger partial charge on any atom is -0.399 e. The van der Waals surface area contributed by atoms with Crippen molar-refractivity contribution in [3.05, 3.63) is 35.2 Å². The van der Waals surface area contributed by atoms with Crippen LogP contribution in [0.25, 0.3) is 0 Å². The maximum atomic E-state index is 5.79. The Hall–Kier alpha value is -1.95. The quantitative estimate of drug-likeness (QED) is 0.747. The Morgan fingerprint density at radius 3 is 2.94 bits per heavy atom. The average molecular weight is 230 g/mol. The number of rotatable bonds is 2. The lowest BCUT2D eigenvalue weighted by atomic mass is 10.1. The molecule has 2 aromatic rings. The van der Waals surface area contributed by atoms with Crippen LogP contribution in [0.15, 0.2) is 18.2 Å². The average Bonchev–Trinajstić information content (AvgIpc) is 2.96. The highest BCUT2D eigenvalue weighted by atomic mass is 15.5. The highest BCUT2D eigenvalue weighted by Crippen LogP contribution is 2.30. The Balaban J connectivity index is 1.82. The van der Waals surface area contributed by atoms with E-state index in [9.17, 15) is 0 Å². The Morgan fingerprint density at radius 2 is 2.18 bits per heavy atom. The molecule has 6 heteroatoms. The van der Waals surface area contributed by atoms with Crippen LogP contribution in [0.5, 0.6) is 0 Å². The first kappa shape index (κ1) is 10.2. The maximum absolute atomic E-state index is 5.79. The van der Waals surface area contributed by atoms with Crippen LogP contribution in [-0.2, 0) is 13.1 Å². The zero-order valence-electron chi connectivity index (χ0n) is 9.59. The van der Waals surface area contributed by atoms with Gasteiger partial charge in [-0.15, -0.1) is 10.2 Å². The molecule has 0 saturated heterocycles. The van der Waals surface area contributed by atoms with Crippen LogP contribution >= 0.6 is 0 Å². The summed E-state index contributed by atoms with van der Waals surface area (Å²) in [5, 5.41) is 14.1. The van der Waals surface area contributed by atoms with Crippen molar-refractivity contribution in [3.8, 4) is 0 Å². The van der Waals surface area contributed by atoms with E-state index >= 15 is 0 Å². The van der Waals surface area contributed by atoms with Crippen molar-refractivity contribution in [1.82, 2.24) is 25.5 Å². The van der Waals surface area contributed by atoms with Crippen molar-refractivity contribution < 1.29 is 0 Å². The van der Waals surface area contributed by atoms with Gasteiger partial charge in [0, 0.05) is 18.8 Å². The molecule has 0 amide bonds. The molecule has 17 heavy (non-hydrogen) atoms. The number of hydrogen-bond donors (Lipinski definition) is 2. The molecule has 1 atom stereocenters. The molecule has 1 unspecified atom stereocenters. The number of nitrogens with one attached hydrogen (secondary N) is 1. The zero-order chi connectivity index (χ0) is 11.8. The lowest BCUT2D eigenvalue weighted by molar-refractivity contribution is 0.207. The van der Waals surface area contributed by atoms with Crippen molar-refractivity contribution in [2.75, 3.05) is 5.73 Å². The van der Waals surface area contributed by atoms with Crippen molar-refractivity contribution in [2.24, 2.45) is 0 Å². The Labute approximate surface area is 98.8 Å². The van der Waals surface area contributed by atoms with E-state index in [2.05, 4.69) is 38.5 Å². The summed E-state index contributed by atoms with van der Waals surface area (Å²) < 4.78 is 0. The molecule has 0 bridgehead atoms. The summed E-state index contributed by atoms with van der Waals surface area (Å²) >= 11 is 0. The number of nitrogen functional groups attached to an aromatic ring is 1. The first-order valence-corrected chi connectivity index (χ1v) is 5.58. The largest absolute Gasteiger partial charge is 0.399 e. The van der Waals surface area contributed by atoms with Crippen LogP contribution in [0.3, 0.4) is 0 Å². The molecule has 1 aliphatic rings. The molecular weight excluding hydrogens is 216 g/mol. The van der Waals surface area contributed by atoms with Gasteiger partial charge < -0.3 is 5.73 Å². The molecular formula is C11H14N6. The normalized spacial score (nSPS) is 17.0. The molecule has 0 aliphatic carbocycles. The van der Waals surface area contributed by atoms with Crippen LogP contribution in [0.1, 0.15) is 29.9 Å². The number of aromatic nitrogens is 4. The lowest BCUT2D eigenvalue weighted by Crippen LogP contribution is -2.21. The lowest BCUT2D eigenvalue weighted by Gasteiger charge is -2.20. The molecule has 0 fully saturated rings. The number of anilines is 1. The molecule has 0 radical (unpaired) electrons. The van der Waals surface area contributed by atoms with Gasteiger partial charge in [0.1, 0.15) is 0 Å². The molecule has 1 aliphatic heterocycles. The van der Waals surface area contributed by atoms with Crippen LogP contribution in [0.4, 0.5) is 5.69 Å². The van der Waals surface area contributed by atoms with Crippen molar-refractivity contribution in [2.45, 2.75) is 26.1 Å². The SMILES string of the molecule is CC(c1nn[nH]n1)N1Cc2ccc(N)cc2C1. The van der Waals surface area contributed by atoms with Crippen LogP contribution in [-0.4, -0.2) is 25.5 Å². The fourth-order valence-electron chi connectivity index (χ4n) is 2.22. The molecule has 1 aromatic carbocycles. The second-order valence-corrected chi connectivity index (χ2v) is 4.38. The van der Waals surface area contributed by atoms with E-state index in [4.69, 9.17) is 5.73 Å². The van der Waals surface area contributed by atoms with Gasteiger partial charge >= 0.3 is 0 Å². The molecule has 0 saturated carbocycles. The molecule has 6 nitrogen and oxygen atoms in total. The predicted octanol–water partition coefficient (Wildman–Crippen LogP) is 0.859. The summed E-state index contributed by atoms with van der Waals surface area (Å²) in [6, 6.07) is 6.23. The van der Waals surface area contributed by atoms with Gasteiger partial charge in [0.2, 0.25) is 0 Å². The zero-order valence-corrected chi connectivity index (χ0v) is 9.59. The minimum atomic E-state index is 0.155. The Bertz CT molecular complexity index is 521. The molecule has 2 heterocycles. The van der Waals surface area contributed by atoms with E-state index < -0.39 is 0 Å². The van der Waals surface area contributed by atoms with Gasteiger partial charge in [-0.3, -0.25) is 4.90 Å². The number of nitrogens with two attached hydrogens (primary N) is 1. The van der Waals surface area contributed by atoms with Gasteiger partial charge in [-0.05, 0) is 30.2 Å². The monoisotopic (exact) mass is 230 g/mol. The summed E-state index contributed by atoms with van der Waals surface area (Å²) in [7, 11) is 0. The van der Waals surface area contributed by atoms with Gasteiger partial charge in [0.15, 0.2) is 5.82 Å². The topological polar surface area (TPSA) is 83.7 Å². The Kier molecular flexibility index (Phi) is 2.29. The number of aromatic amines is 1. The fraction of sp³-hybridized carbons (Fsp3) is 0.364. The third-order valence-corrected chi connectivity index (χ3v) is 3.26. The molecule has 1 aromatic heterocycles. The van der Waals surface area contributed by atoms with E-state index in [0.29, 0.717) is 0 Å². The number of nitrogens with zero attached hydrogens (tertiary/aromatic N) is 4. The minimum absolute atomic E-state index is 0.155. The standard InChI is InChI=1S/C11H14N6/c1-7(11-13-15-16-14-11)17-5-8-2-3-10(12)4-9(8)6-17/h2-4,7H,5-6,12H2,1H3,(H,13,14,15,16). The van der Waals surface area contributed by atoms with E-state index in [1.165, 1.54) is 11.1 Å². The van der Waals surface area contributed by atoms with Gasteiger partial charge in [0.05, 0.1) is 6.04 Å². The van der Waals surface area contributed by atoms with Gasteiger partial charge in [0.25, 0.3) is 0 Å². The predicted molar refractivity (Wildman–Crippen MR) is 62.7 cm³/mol. The third-order valence-electron chi connectivity index (χ3n) is 3.26. The summed E-state index contributed by atoms with van der Waals surface area (Å²) in [4.78, 5) is 2.30. The van der Waals surface area contributed by atoms with Crippen molar-refractivity contribution >= 4 is 5.69 Å². The first-order chi connectivity index (χ1) is 8.24. The van der Waals surface area contributed by atoms with Crippen LogP contribution in [0.2, 0.25) is 0 Å². The Morgan fingerprint density at radius 1 is 1.35 bits per heavy atom. The smallest absolute Gasteiger partial charge is 0.191 e. The second-order valence-electron chi connectivity index (χ2n) is 4.38. The van der Waals surface area contributed by atoms with E-state index in [-0.39, 0.29) is 6.04 Å². The second kappa shape index (κ2) is 3.81. The molecule has 3 N–H and O–H groups in total. The van der Waals surface area contributed by atoms with Crippen molar-refractivity contribution in [1.29, 1.82) is 0 Å². The van der Waals surface area contributed by atoms with Crippen molar-refractivity contribution in [3.63, 3.8) is 0 Å². The molecule has 0 spiro atoms. The number of fused-ring (bicyclic) bond motifs is 1. The van der Waals surface area contributed by atoms with E-state index in [1.807, 2.05) is 12.1 Å². The van der Waals surface area contributed by atoms with Crippen LogP contribution < -0.4 is 5.73 Å². The summed E-state index contributed by atoms with van der Waals surface area (Å²) in [5.74, 6) is 0.728. The van der Waals surface area contributed by atoms with Gasteiger partial charge in [-0.2, -0.15) is 5.21 Å². The highest BCUT2D eigenvalue weighted by Gasteiger charge is 2.26. The summed E-state index contributed by atoms with van der Waals surface area (Å²) in [6.07, 6.45) is 0. The van der Waals surface area contributed by atoms with E-state index in [0.717, 1.165) is 24.6 Å². The number of benzene rings is 1. The van der Waals surface area contributed by atoms with Gasteiger partial charge in [-0.25, -0.2) is 0 Å². The number of hydrogen-bond acceptors (Lipinski definition) is 5. The molecule has 88 valence electrons. The number of H-pyrrole nitrogens is 1. The third kappa shape index (κ3) is 1.76. The first-order valence-electron chi connectivity index (χ1n) is 5.58. The highest BCUT2D eigenvalue weighted by molar-refractivity contribution is 5.46. The summed E-state index contributed by atoms with van der Waals surface area (Å²) in [5.41, 5.74) is 9.23. The fourth-order valence-corrected chi connectivity index (χ4v) is 2.22. The number of tetrazole rings is 1. The van der Waals surface area contributed by atoms with Crippen LogP contribution in [0, 0.1) is 0 Å². The molecule has 3 rings (SSSR count). The van der Waals surface area contributed by atoms with Gasteiger partial charge in [-0.1, -0.05) is 11.3 Å². The summed E-state index contributed by atoms with van der Waals surface area (Å²) in [6.45, 7) is 3.88.